The summed E-state index contributed by atoms with van der Waals surface area (Å²) in [4.78, 5) is 10.5. The van der Waals surface area contributed by atoms with Gasteiger partial charge in [0.1, 0.15) is 0 Å². The second-order valence-electron chi connectivity index (χ2n) is 4.50. The van der Waals surface area contributed by atoms with Crippen LogP contribution in [0.3, 0.4) is 0 Å². The Morgan fingerprint density at radius 2 is 1.68 bits per heavy atom. The molecule has 22 heavy (non-hydrogen) atoms. The number of thiocarbonyl (C=S) groups is 1. The van der Waals surface area contributed by atoms with E-state index in [-0.39, 0.29) is 0 Å². The zero-order valence-corrected chi connectivity index (χ0v) is 13.9. The van der Waals surface area contributed by atoms with Gasteiger partial charge in [0.15, 0.2) is 5.11 Å². The van der Waals surface area contributed by atoms with Crippen molar-refractivity contribution in [3.8, 4) is 0 Å². The van der Waals surface area contributed by atoms with Crippen molar-refractivity contribution in [1.29, 1.82) is 0 Å². The Hall–Kier alpha value is -1.82. The maximum atomic E-state index is 10.5. The quantitative estimate of drug-likeness (QED) is 0.551. The molecule has 0 aliphatic heterocycles. The van der Waals surface area contributed by atoms with E-state index in [4.69, 9.17) is 35.4 Å². The number of carbonyl (C=O) groups excluding carboxylic acids is 1. The monoisotopic (exact) mass is 353 g/mol. The third-order valence-electron chi connectivity index (χ3n) is 2.88. The van der Waals surface area contributed by atoms with Gasteiger partial charge in [-0.1, -0.05) is 23.2 Å². The van der Waals surface area contributed by atoms with Gasteiger partial charge >= 0.3 is 0 Å². The van der Waals surface area contributed by atoms with E-state index in [1.807, 2.05) is 19.1 Å². The highest BCUT2D eigenvalue weighted by atomic mass is 35.5. The van der Waals surface area contributed by atoms with Crippen molar-refractivity contribution in [3.05, 3.63) is 52.0 Å². The van der Waals surface area contributed by atoms with E-state index in [2.05, 4.69) is 16.0 Å². The van der Waals surface area contributed by atoms with Gasteiger partial charge in [0, 0.05) is 17.1 Å². The Morgan fingerprint density at radius 3 is 2.27 bits per heavy atom. The van der Waals surface area contributed by atoms with E-state index >= 15 is 0 Å². The second-order valence-corrected chi connectivity index (χ2v) is 5.72. The Balaban J connectivity index is 2.03. The normalized spacial score (nSPS) is 9.95. The van der Waals surface area contributed by atoms with Gasteiger partial charge in [-0.2, -0.15) is 0 Å². The first-order valence-electron chi connectivity index (χ1n) is 6.33. The maximum Gasteiger partial charge on any atom is 0.211 e. The standard InChI is InChI=1S/C15H13Cl2N3OS/c1-9-6-10(3-5-14(9)18-8-21)19-15(22)20-11-2-4-12(16)13(17)7-11/h2-8H,1H3,(H,18,21)(H2,19,20,22). The van der Waals surface area contributed by atoms with E-state index in [1.54, 1.807) is 24.3 Å². The minimum Gasteiger partial charge on any atom is -0.332 e. The predicted molar refractivity (Wildman–Crippen MR) is 97.2 cm³/mol. The number of nitrogens with one attached hydrogen (secondary N) is 3. The number of rotatable bonds is 4. The van der Waals surface area contributed by atoms with Crippen molar-refractivity contribution in [2.45, 2.75) is 6.92 Å². The molecule has 3 N–H and O–H groups in total. The number of benzene rings is 2. The zero-order chi connectivity index (χ0) is 16.1. The summed E-state index contributed by atoms with van der Waals surface area (Å²) in [5.74, 6) is 0. The van der Waals surface area contributed by atoms with E-state index in [0.717, 1.165) is 22.6 Å². The molecule has 2 aromatic carbocycles. The lowest BCUT2D eigenvalue weighted by Crippen LogP contribution is -2.19. The van der Waals surface area contributed by atoms with Gasteiger partial charge in [-0.15, -0.1) is 0 Å². The fourth-order valence-electron chi connectivity index (χ4n) is 1.83. The van der Waals surface area contributed by atoms with Crippen molar-refractivity contribution in [2.24, 2.45) is 0 Å². The van der Waals surface area contributed by atoms with Crippen LogP contribution in [-0.4, -0.2) is 11.5 Å². The molecular formula is C15H13Cl2N3OS. The summed E-state index contributed by atoms with van der Waals surface area (Å²) in [6.07, 6.45) is 0.645. The minimum absolute atomic E-state index is 0.425. The van der Waals surface area contributed by atoms with Crippen molar-refractivity contribution in [1.82, 2.24) is 0 Å². The SMILES string of the molecule is Cc1cc(NC(=S)Nc2ccc(Cl)c(Cl)c2)ccc1NC=O. The molecule has 0 heterocycles. The van der Waals surface area contributed by atoms with Crippen LogP contribution in [0.15, 0.2) is 36.4 Å². The summed E-state index contributed by atoms with van der Waals surface area (Å²) in [7, 11) is 0. The Labute approximate surface area is 143 Å². The number of hydrogen-bond acceptors (Lipinski definition) is 2. The number of amides is 1. The van der Waals surface area contributed by atoms with Crippen LogP contribution in [0.4, 0.5) is 17.1 Å². The number of carbonyl (C=O) groups is 1. The molecule has 2 rings (SSSR count). The van der Waals surface area contributed by atoms with Crippen LogP contribution in [0, 0.1) is 6.92 Å². The van der Waals surface area contributed by atoms with E-state index in [1.165, 1.54) is 0 Å². The lowest BCUT2D eigenvalue weighted by molar-refractivity contribution is -0.105. The average molecular weight is 354 g/mol. The molecule has 0 aliphatic carbocycles. The average Bonchev–Trinajstić information content (AvgIpc) is 2.46. The molecule has 0 atom stereocenters. The van der Waals surface area contributed by atoms with E-state index < -0.39 is 0 Å². The molecule has 0 spiro atoms. The zero-order valence-electron chi connectivity index (χ0n) is 11.6. The van der Waals surface area contributed by atoms with Gasteiger partial charge in [-0.25, -0.2) is 0 Å². The lowest BCUT2D eigenvalue weighted by atomic mass is 10.2. The van der Waals surface area contributed by atoms with E-state index in [9.17, 15) is 4.79 Å². The largest absolute Gasteiger partial charge is 0.332 e. The fourth-order valence-corrected chi connectivity index (χ4v) is 2.37. The molecule has 0 radical (unpaired) electrons. The first-order valence-corrected chi connectivity index (χ1v) is 7.50. The summed E-state index contributed by atoms with van der Waals surface area (Å²) in [5.41, 5.74) is 3.23. The summed E-state index contributed by atoms with van der Waals surface area (Å²) >= 11 is 17.1. The van der Waals surface area contributed by atoms with Crippen LogP contribution < -0.4 is 16.0 Å². The molecule has 0 aromatic heterocycles. The molecule has 4 nitrogen and oxygen atoms in total. The van der Waals surface area contributed by atoms with Gasteiger partial charge in [0.05, 0.1) is 10.0 Å². The summed E-state index contributed by atoms with van der Waals surface area (Å²) in [6.45, 7) is 1.90. The van der Waals surface area contributed by atoms with Crippen LogP contribution in [0.2, 0.25) is 10.0 Å². The first-order chi connectivity index (χ1) is 10.5. The molecule has 0 saturated heterocycles. The Bertz CT molecular complexity index is 722. The summed E-state index contributed by atoms with van der Waals surface area (Å²) in [6, 6.07) is 10.7. The van der Waals surface area contributed by atoms with Crippen molar-refractivity contribution < 1.29 is 4.79 Å². The van der Waals surface area contributed by atoms with E-state index in [0.29, 0.717) is 21.6 Å². The summed E-state index contributed by atoms with van der Waals surface area (Å²) in [5, 5.41) is 10.1. The van der Waals surface area contributed by atoms with Crippen molar-refractivity contribution in [2.75, 3.05) is 16.0 Å². The molecule has 0 aliphatic rings. The predicted octanol–water partition coefficient (Wildman–Crippen LogP) is 4.68. The van der Waals surface area contributed by atoms with Gasteiger partial charge in [-0.3, -0.25) is 4.79 Å². The molecule has 0 saturated carbocycles. The molecule has 1 amide bonds. The van der Waals surface area contributed by atoms with Crippen molar-refractivity contribution >= 4 is 64.0 Å². The highest BCUT2D eigenvalue weighted by Crippen LogP contribution is 2.25. The van der Waals surface area contributed by atoms with Gasteiger partial charge < -0.3 is 16.0 Å². The van der Waals surface area contributed by atoms with Crippen LogP contribution >= 0.6 is 35.4 Å². The Morgan fingerprint density at radius 1 is 1.05 bits per heavy atom. The van der Waals surface area contributed by atoms with Gasteiger partial charge in [0.25, 0.3) is 0 Å². The smallest absolute Gasteiger partial charge is 0.211 e. The molecule has 7 heteroatoms. The number of aryl methyl sites for hydroxylation is 1. The summed E-state index contributed by atoms with van der Waals surface area (Å²) < 4.78 is 0. The molecule has 2 aromatic rings. The molecule has 114 valence electrons. The van der Waals surface area contributed by atoms with Crippen LogP contribution in [0.5, 0.6) is 0 Å². The third-order valence-corrected chi connectivity index (χ3v) is 3.82. The highest BCUT2D eigenvalue weighted by molar-refractivity contribution is 7.80. The van der Waals surface area contributed by atoms with Gasteiger partial charge in [-0.05, 0) is 61.1 Å². The van der Waals surface area contributed by atoms with Crippen LogP contribution in [-0.2, 0) is 4.79 Å². The van der Waals surface area contributed by atoms with Gasteiger partial charge in [0.2, 0.25) is 6.41 Å². The molecule has 0 unspecified atom stereocenters. The first kappa shape index (κ1) is 16.5. The maximum absolute atomic E-state index is 10.5. The minimum atomic E-state index is 0.425. The second kappa shape index (κ2) is 7.45. The third kappa shape index (κ3) is 4.34. The highest BCUT2D eigenvalue weighted by Gasteiger charge is 2.04. The molecule has 0 bridgehead atoms. The Kier molecular flexibility index (Phi) is 5.60. The van der Waals surface area contributed by atoms with Crippen LogP contribution in [0.25, 0.3) is 0 Å². The topological polar surface area (TPSA) is 53.2 Å². The lowest BCUT2D eigenvalue weighted by Gasteiger charge is -2.13. The number of halogens is 2. The molecular weight excluding hydrogens is 341 g/mol. The number of anilines is 3. The fraction of sp³-hybridized carbons (Fsp3) is 0.0667. The van der Waals surface area contributed by atoms with Crippen LogP contribution in [0.1, 0.15) is 5.56 Å². The van der Waals surface area contributed by atoms with Crippen molar-refractivity contribution in [3.63, 3.8) is 0 Å². The molecule has 0 fully saturated rings. The number of hydrogen-bond donors (Lipinski definition) is 3.